The van der Waals surface area contributed by atoms with Gasteiger partial charge in [0.2, 0.25) is 0 Å². The molecular weight excluding hydrogens is 258 g/mol. The molecule has 3 nitrogen and oxygen atoms in total. The van der Waals surface area contributed by atoms with E-state index in [2.05, 4.69) is 49.7 Å². The molecule has 2 rings (SSSR count). The molecule has 0 radical (unpaired) electrons. The van der Waals surface area contributed by atoms with Gasteiger partial charge < -0.3 is 10.2 Å². The zero-order valence-corrected chi connectivity index (χ0v) is 14.9. The summed E-state index contributed by atoms with van der Waals surface area (Å²) in [7, 11) is 0. The van der Waals surface area contributed by atoms with Crippen LogP contribution in [-0.4, -0.2) is 61.2 Å². The maximum absolute atomic E-state index is 3.80. The Morgan fingerprint density at radius 2 is 1.90 bits per heavy atom. The molecule has 2 fully saturated rings. The Bertz CT molecular complexity index is 303. The van der Waals surface area contributed by atoms with E-state index < -0.39 is 0 Å². The van der Waals surface area contributed by atoms with Crippen LogP contribution < -0.4 is 5.32 Å². The van der Waals surface area contributed by atoms with Gasteiger partial charge in [0, 0.05) is 38.3 Å². The normalized spacial score (nSPS) is 32.4. The SMILES string of the molecule is CCN1CCC(CN2CC(CC(C)C)NCC2C(C)C)C1. The minimum atomic E-state index is 0.698. The highest BCUT2D eigenvalue weighted by Gasteiger charge is 2.33. The molecule has 0 aromatic carbocycles. The van der Waals surface area contributed by atoms with Gasteiger partial charge in [0.15, 0.2) is 0 Å². The predicted molar refractivity (Wildman–Crippen MR) is 91.7 cm³/mol. The molecule has 0 aliphatic carbocycles. The Hall–Kier alpha value is -0.120. The van der Waals surface area contributed by atoms with E-state index in [-0.39, 0.29) is 0 Å². The molecule has 124 valence electrons. The molecule has 3 heteroatoms. The van der Waals surface area contributed by atoms with Gasteiger partial charge in [0.25, 0.3) is 0 Å². The Labute approximate surface area is 132 Å². The molecule has 0 saturated carbocycles. The van der Waals surface area contributed by atoms with Gasteiger partial charge in [-0.2, -0.15) is 0 Å². The highest BCUT2D eigenvalue weighted by atomic mass is 15.2. The number of rotatable bonds is 6. The maximum atomic E-state index is 3.80. The first-order valence-electron chi connectivity index (χ1n) is 9.19. The Balaban J connectivity index is 1.91. The molecule has 0 aromatic heterocycles. The molecule has 0 amide bonds. The third-order valence-corrected chi connectivity index (χ3v) is 5.37. The quantitative estimate of drug-likeness (QED) is 0.813. The summed E-state index contributed by atoms with van der Waals surface area (Å²) in [6.45, 7) is 19.4. The van der Waals surface area contributed by atoms with Crippen LogP contribution in [0.15, 0.2) is 0 Å². The van der Waals surface area contributed by atoms with E-state index in [9.17, 15) is 0 Å². The summed E-state index contributed by atoms with van der Waals surface area (Å²) in [5.41, 5.74) is 0. The lowest BCUT2D eigenvalue weighted by atomic mass is 9.93. The molecule has 2 heterocycles. The van der Waals surface area contributed by atoms with Crippen LogP contribution in [0.1, 0.15) is 47.5 Å². The lowest BCUT2D eigenvalue weighted by molar-refractivity contribution is 0.0770. The molecule has 2 aliphatic rings. The molecule has 3 atom stereocenters. The Morgan fingerprint density at radius 3 is 2.48 bits per heavy atom. The van der Waals surface area contributed by atoms with Crippen molar-refractivity contribution in [2.75, 3.05) is 39.3 Å². The summed E-state index contributed by atoms with van der Waals surface area (Å²) in [6.07, 6.45) is 2.71. The summed E-state index contributed by atoms with van der Waals surface area (Å²) in [4.78, 5) is 5.43. The van der Waals surface area contributed by atoms with Gasteiger partial charge in [0.05, 0.1) is 0 Å². The van der Waals surface area contributed by atoms with Crippen LogP contribution in [0.25, 0.3) is 0 Å². The molecule has 1 N–H and O–H groups in total. The van der Waals surface area contributed by atoms with Crippen molar-refractivity contribution in [1.29, 1.82) is 0 Å². The van der Waals surface area contributed by atoms with E-state index in [0.717, 1.165) is 23.8 Å². The van der Waals surface area contributed by atoms with Gasteiger partial charge >= 0.3 is 0 Å². The van der Waals surface area contributed by atoms with E-state index in [1.54, 1.807) is 0 Å². The van der Waals surface area contributed by atoms with E-state index >= 15 is 0 Å². The van der Waals surface area contributed by atoms with Crippen LogP contribution in [-0.2, 0) is 0 Å². The number of nitrogens with one attached hydrogen (secondary N) is 1. The molecule has 2 aliphatic heterocycles. The van der Waals surface area contributed by atoms with Gasteiger partial charge in [0.1, 0.15) is 0 Å². The molecule has 3 unspecified atom stereocenters. The van der Waals surface area contributed by atoms with Gasteiger partial charge in [-0.1, -0.05) is 34.6 Å². The summed E-state index contributed by atoms with van der Waals surface area (Å²) >= 11 is 0. The maximum Gasteiger partial charge on any atom is 0.0244 e. The summed E-state index contributed by atoms with van der Waals surface area (Å²) < 4.78 is 0. The van der Waals surface area contributed by atoms with Crippen LogP contribution in [0, 0.1) is 17.8 Å². The van der Waals surface area contributed by atoms with Crippen molar-refractivity contribution in [3.63, 3.8) is 0 Å². The fraction of sp³-hybridized carbons (Fsp3) is 1.00. The van der Waals surface area contributed by atoms with Crippen molar-refractivity contribution < 1.29 is 0 Å². The van der Waals surface area contributed by atoms with Crippen LogP contribution in [0.2, 0.25) is 0 Å². The zero-order valence-electron chi connectivity index (χ0n) is 14.9. The third-order valence-electron chi connectivity index (χ3n) is 5.37. The Morgan fingerprint density at radius 1 is 1.14 bits per heavy atom. The summed E-state index contributed by atoms with van der Waals surface area (Å²) in [6, 6.07) is 1.42. The van der Waals surface area contributed by atoms with Crippen LogP contribution in [0.3, 0.4) is 0 Å². The first kappa shape index (κ1) is 17.2. The second-order valence-electron chi connectivity index (χ2n) is 8.05. The molecule has 0 spiro atoms. The van der Waals surface area contributed by atoms with Crippen molar-refractivity contribution in [2.24, 2.45) is 17.8 Å². The van der Waals surface area contributed by atoms with E-state index in [1.165, 1.54) is 52.1 Å². The van der Waals surface area contributed by atoms with Crippen molar-refractivity contribution in [3.8, 4) is 0 Å². The predicted octanol–water partition coefficient (Wildman–Crippen LogP) is 2.67. The van der Waals surface area contributed by atoms with Crippen molar-refractivity contribution in [1.82, 2.24) is 15.1 Å². The van der Waals surface area contributed by atoms with Crippen LogP contribution >= 0.6 is 0 Å². The second kappa shape index (κ2) is 7.94. The number of piperazine rings is 1. The third kappa shape index (κ3) is 4.94. The Kier molecular flexibility index (Phi) is 6.51. The highest BCUT2D eigenvalue weighted by molar-refractivity contribution is 4.90. The fourth-order valence-corrected chi connectivity index (χ4v) is 4.17. The number of likely N-dealkylation sites (tertiary alicyclic amines) is 1. The molecule has 0 aromatic rings. The topological polar surface area (TPSA) is 18.5 Å². The lowest BCUT2D eigenvalue weighted by Crippen LogP contribution is -2.59. The average Bonchev–Trinajstić information content (AvgIpc) is 2.85. The van der Waals surface area contributed by atoms with Gasteiger partial charge in [-0.05, 0) is 43.7 Å². The smallest absolute Gasteiger partial charge is 0.0244 e. The standard InChI is InChI=1S/C18H37N3/c1-6-20-8-7-16(11-20)12-21-13-17(9-14(2)3)19-10-18(21)15(4)5/h14-19H,6-13H2,1-5H3. The van der Waals surface area contributed by atoms with Crippen molar-refractivity contribution >= 4 is 0 Å². The second-order valence-corrected chi connectivity index (χ2v) is 8.05. The van der Waals surface area contributed by atoms with Gasteiger partial charge in [-0.25, -0.2) is 0 Å². The van der Waals surface area contributed by atoms with Gasteiger partial charge in [-0.15, -0.1) is 0 Å². The number of nitrogens with zero attached hydrogens (tertiary/aromatic N) is 2. The van der Waals surface area contributed by atoms with Crippen molar-refractivity contribution in [2.45, 2.75) is 59.5 Å². The van der Waals surface area contributed by atoms with E-state index in [1.807, 2.05) is 0 Å². The first-order valence-corrected chi connectivity index (χ1v) is 9.19. The van der Waals surface area contributed by atoms with Crippen LogP contribution in [0.5, 0.6) is 0 Å². The van der Waals surface area contributed by atoms with E-state index in [0.29, 0.717) is 6.04 Å². The van der Waals surface area contributed by atoms with Crippen LogP contribution in [0.4, 0.5) is 0 Å². The summed E-state index contributed by atoms with van der Waals surface area (Å²) in [5, 5.41) is 3.80. The number of hydrogen-bond donors (Lipinski definition) is 1. The first-order chi connectivity index (χ1) is 9.99. The zero-order chi connectivity index (χ0) is 15.4. The van der Waals surface area contributed by atoms with Crippen molar-refractivity contribution in [3.05, 3.63) is 0 Å². The molecule has 2 saturated heterocycles. The largest absolute Gasteiger partial charge is 0.311 e. The summed E-state index contributed by atoms with van der Waals surface area (Å²) in [5.74, 6) is 2.44. The fourth-order valence-electron chi connectivity index (χ4n) is 4.17. The molecule has 21 heavy (non-hydrogen) atoms. The minimum absolute atomic E-state index is 0.698. The highest BCUT2D eigenvalue weighted by Crippen LogP contribution is 2.23. The average molecular weight is 296 g/mol. The van der Waals surface area contributed by atoms with Gasteiger partial charge in [-0.3, -0.25) is 4.90 Å². The monoisotopic (exact) mass is 295 g/mol. The number of hydrogen-bond acceptors (Lipinski definition) is 3. The minimum Gasteiger partial charge on any atom is -0.311 e. The lowest BCUT2D eigenvalue weighted by Gasteiger charge is -2.44. The molecule has 0 bridgehead atoms. The molecular formula is C18H37N3. The van der Waals surface area contributed by atoms with E-state index in [4.69, 9.17) is 0 Å².